The van der Waals surface area contributed by atoms with Crippen LogP contribution in [0.4, 0.5) is 0 Å². The molecule has 0 aliphatic carbocycles. The van der Waals surface area contributed by atoms with Gasteiger partial charge in [-0.1, -0.05) is 0 Å². The number of aliphatic hydroxyl groups excluding tert-OH is 1. The highest BCUT2D eigenvalue weighted by atomic mass is 32.2. The molecule has 0 amide bonds. The Morgan fingerprint density at radius 1 is 1.42 bits per heavy atom. The van der Waals surface area contributed by atoms with Crippen molar-refractivity contribution < 1.29 is 9.84 Å². The minimum absolute atomic E-state index is 0.128. The second-order valence-electron chi connectivity index (χ2n) is 2.90. The molecule has 70 valence electrons. The molecule has 1 saturated heterocycles. The normalized spacial score (nSPS) is 20.9. The van der Waals surface area contributed by atoms with Crippen molar-refractivity contribution in [3.8, 4) is 0 Å². The van der Waals surface area contributed by atoms with Gasteiger partial charge in [0.25, 0.3) is 0 Å². The Kier molecular flexibility index (Phi) is 4.36. The van der Waals surface area contributed by atoms with Crippen LogP contribution >= 0.6 is 0 Å². The first kappa shape index (κ1) is 9.78. The van der Waals surface area contributed by atoms with Gasteiger partial charge >= 0.3 is 5.95 Å². The Morgan fingerprint density at radius 2 is 2.08 bits per heavy atom. The lowest BCUT2D eigenvalue weighted by Crippen LogP contribution is -2.15. The smallest absolute Gasteiger partial charge is 0.326 e. The van der Waals surface area contributed by atoms with E-state index in [2.05, 4.69) is 0 Å². The van der Waals surface area contributed by atoms with Gasteiger partial charge in [-0.3, -0.25) is 0 Å². The summed E-state index contributed by atoms with van der Waals surface area (Å²) in [6, 6.07) is 0. The lowest BCUT2D eigenvalue weighted by molar-refractivity contribution is 0.104. The van der Waals surface area contributed by atoms with Crippen LogP contribution in [0.25, 0.3) is 0 Å². The molecular formula is C9H17O2S+. The standard InChI is InChI=1S/C9H16O2S/c1-2-11-9(10)8-12-6-4-3-5-7-12/h8H,2-7H2,1H3/p+1/b9-8+. The summed E-state index contributed by atoms with van der Waals surface area (Å²) < 4.78 is 4.97. The fourth-order valence-electron chi connectivity index (χ4n) is 1.30. The molecule has 1 N–H and O–H groups in total. The van der Waals surface area contributed by atoms with Crippen LogP contribution in [0.2, 0.25) is 0 Å². The lowest BCUT2D eigenvalue weighted by atomic mass is 10.3. The van der Waals surface area contributed by atoms with E-state index in [9.17, 15) is 5.11 Å². The lowest BCUT2D eigenvalue weighted by Gasteiger charge is -2.09. The van der Waals surface area contributed by atoms with Gasteiger partial charge in [0.15, 0.2) is 5.41 Å². The summed E-state index contributed by atoms with van der Waals surface area (Å²) in [5.41, 5.74) is 0. The van der Waals surface area contributed by atoms with Crippen LogP contribution in [0.5, 0.6) is 0 Å². The molecule has 1 aliphatic rings. The summed E-state index contributed by atoms with van der Waals surface area (Å²) in [5.74, 6) is 2.59. The Morgan fingerprint density at radius 3 is 2.67 bits per heavy atom. The first-order valence-electron chi connectivity index (χ1n) is 4.53. The molecule has 3 heteroatoms. The van der Waals surface area contributed by atoms with E-state index in [0.29, 0.717) is 6.61 Å². The number of ether oxygens (including phenoxy) is 1. The minimum Gasteiger partial charge on any atom is -0.478 e. The molecule has 1 heterocycles. The van der Waals surface area contributed by atoms with Gasteiger partial charge in [0.2, 0.25) is 0 Å². The van der Waals surface area contributed by atoms with Crippen LogP contribution in [0.15, 0.2) is 11.4 Å². The van der Waals surface area contributed by atoms with Crippen molar-refractivity contribution in [3.63, 3.8) is 0 Å². The predicted octanol–water partition coefficient (Wildman–Crippen LogP) is 2.18. The zero-order chi connectivity index (χ0) is 8.81. The average Bonchev–Trinajstić information content (AvgIpc) is 2.06. The van der Waals surface area contributed by atoms with Gasteiger partial charge in [-0.15, -0.1) is 0 Å². The number of hydrogen-bond donors (Lipinski definition) is 1. The third-order valence-corrected chi connectivity index (χ3v) is 4.03. The van der Waals surface area contributed by atoms with Crippen LogP contribution in [0, 0.1) is 0 Å². The summed E-state index contributed by atoms with van der Waals surface area (Å²) in [7, 11) is 0.287. The Bertz CT molecular complexity index is 151. The Balaban J connectivity index is 2.31. The summed E-state index contributed by atoms with van der Waals surface area (Å²) >= 11 is 0. The molecule has 1 fully saturated rings. The molecule has 0 bridgehead atoms. The topological polar surface area (TPSA) is 29.5 Å². The van der Waals surface area contributed by atoms with Crippen molar-refractivity contribution in [3.05, 3.63) is 11.4 Å². The van der Waals surface area contributed by atoms with E-state index < -0.39 is 0 Å². The highest BCUT2D eigenvalue weighted by Gasteiger charge is 2.20. The highest BCUT2D eigenvalue weighted by molar-refractivity contribution is 7.99. The molecule has 0 unspecified atom stereocenters. The molecule has 0 atom stereocenters. The molecule has 0 radical (unpaired) electrons. The van der Waals surface area contributed by atoms with Crippen LogP contribution in [-0.4, -0.2) is 23.2 Å². The number of hydrogen-bond acceptors (Lipinski definition) is 2. The molecule has 0 saturated carbocycles. The molecule has 0 aromatic rings. The molecule has 0 aromatic heterocycles. The summed E-state index contributed by atoms with van der Waals surface area (Å²) in [6.45, 7) is 2.44. The number of rotatable bonds is 3. The third kappa shape index (κ3) is 3.39. The van der Waals surface area contributed by atoms with Crippen LogP contribution in [0.1, 0.15) is 26.2 Å². The molecule has 1 rings (SSSR count). The van der Waals surface area contributed by atoms with Crippen LogP contribution in [-0.2, 0) is 15.6 Å². The van der Waals surface area contributed by atoms with Crippen molar-refractivity contribution in [1.29, 1.82) is 0 Å². The second kappa shape index (κ2) is 5.36. The first-order chi connectivity index (χ1) is 5.83. The quantitative estimate of drug-likeness (QED) is 0.544. The van der Waals surface area contributed by atoms with Crippen molar-refractivity contribution in [1.82, 2.24) is 0 Å². The summed E-state index contributed by atoms with van der Waals surface area (Å²) in [4.78, 5) is 0. The maximum atomic E-state index is 9.25. The van der Waals surface area contributed by atoms with E-state index in [0.717, 1.165) is 0 Å². The predicted molar refractivity (Wildman–Crippen MR) is 53.3 cm³/mol. The highest BCUT2D eigenvalue weighted by Crippen LogP contribution is 2.15. The van der Waals surface area contributed by atoms with Crippen molar-refractivity contribution in [2.45, 2.75) is 26.2 Å². The molecule has 1 aliphatic heterocycles. The largest absolute Gasteiger partial charge is 0.478 e. The molecule has 12 heavy (non-hydrogen) atoms. The van der Waals surface area contributed by atoms with E-state index in [-0.39, 0.29) is 16.8 Å². The summed E-state index contributed by atoms with van der Waals surface area (Å²) in [5, 5.41) is 11.1. The SMILES string of the molecule is CCO/C(O)=C/[S+]1CCCCC1. The van der Waals surface area contributed by atoms with Gasteiger partial charge in [-0.05, 0) is 26.2 Å². The monoisotopic (exact) mass is 189 g/mol. The van der Waals surface area contributed by atoms with Gasteiger partial charge in [0.05, 0.1) is 6.61 Å². The van der Waals surface area contributed by atoms with Crippen LogP contribution < -0.4 is 0 Å². The average molecular weight is 189 g/mol. The first-order valence-corrected chi connectivity index (χ1v) is 6.15. The fraction of sp³-hybridized carbons (Fsp3) is 0.778. The van der Waals surface area contributed by atoms with Crippen molar-refractivity contribution in [2.75, 3.05) is 18.1 Å². The van der Waals surface area contributed by atoms with E-state index in [4.69, 9.17) is 4.74 Å². The summed E-state index contributed by atoms with van der Waals surface area (Å²) in [6.07, 6.45) is 3.96. The maximum absolute atomic E-state index is 9.25. The zero-order valence-corrected chi connectivity index (χ0v) is 8.40. The van der Waals surface area contributed by atoms with Gasteiger partial charge < -0.3 is 9.84 Å². The van der Waals surface area contributed by atoms with E-state index in [1.54, 1.807) is 0 Å². The van der Waals surface area contributed by atoms with Crippen molar-refractivity contribution >= 4 is 10.9 Å². The molecule has 2 nitrogen and oxygen atoms in total. The van der Waals surface area contributed by atoms with Gasteiger partial charge in [0.1, 0.15) is 11.5 Å². The molecule has 0 aromatic carbocycles. The van der Waals surface area contributed by atoms with E-state index >= 15 is 0 Å². The van der Waals surface area contributed by atoms with Crippen LogP contribution in [0.3, 0.4) is 0 Å². The number of aliphatic hydroxyl groups is 1. The zero-order valence-electron chi connectivity index (χ0n) is 7.58. The maximum Gasteiger partial charge on any atom is 0.326 e. The van der Waals surface area contributed by atoms with Crippen molar-refractivity contribution in [2.24, 2.45) is 0 Å². The van der Waals surface area contributed by atoms with E-state index in [1.807, 2.05) is 12.3 Å². The van der Waals surface area contributed by atoms with Gasteiger partial charge in [-0.2, -0.15) is 0 Å². The Labute approximate surface area is 77.0 Å². The van der Waals surface area contributed by atoms with Gasteiger partial charge in [-0.25, -0.2) is 0 Å². The minimum atomic E-state index is 0.128. The fourth-order valence-corrected chi connectivity index (χ4v) is 3.24. The third-order valence-electron chi connectivity index (χ3n) is 1.87. The molecule has 0 spiro atoms. The van der Waals surface area contributed by atoms with Gasteiger partial charge in [0, 0.05) is 10.9 Å². The Hall–Kier alpha value is -0.310. The second-order valence-corrected chi connectivity index (χ2v) is 5.02. The molecular weight excluding hydrogens is 172 g/mol. The van der Waals surface area contributed by atoms with E-state index in [1.165, 1.54) is 30.8 Å².